The fourth-order valence-corrected chi connectivity index (χ4v) is 2.53. The maximum absolute atomic E-state index is 12.4. The van der Waals surface area contributed by atoms with Gasteiger partial charge in [-0.25, -0.2) is 4.79 Å². The van der Waals surface area contributed by atoms with Crippen molar-refractivity contribution in [2.75, 3.05) is 25.1 Å². The highest BCUT2D eigenvalue weighted by Crippen LogP contribution is 2.20. The molecule has 1 heterocycles. The smallest absolute Gasteiger partial charge is 0.328 e. The molecular weight excluding hydrogens is 374 g/mol. The summed E-state index contributed by atoms with van der Waals surface area (Å²) in [5.41, 5.74) is 6.11. The van der Waals surface area contributed by atoms with E-state index in [1.165, 1.54) is 0 Å². The topological polar surface area (TPSA) is 120 Å². The van der Waals surface area contributed by atoms with Crippen LogP contribution in [0, 0.1) is 0 Å². The highest BCUT2D eigenvalue weighted by Gasteiger charge is 2.35. The lowest BCUT2D eigenvalue weighted by atomic mass is 9.90. The molecule has 9 heteroatoms. The van der Waals surface area contributed by atoms with Crippen LogP contribution in [0.15, 0.2) is 24.3 Å². The Morgan fingerprint density at radius 1 is 1.22 bits per heavy atom. The largest absolute Gasteiger partial charge is 0.464 e. The molecule has 1 aliphatic rings. The number of anilines is 1. The Labute approximate surface area is 164 Å². The van der Waals surface area contributed by atoms with Crippen LogP contribution in [-0.4, -0.2) is 49.2 Å². The zero-order valence-electron chi connectivity index (χ0n) is 15.4. The van der Waals surface area contributed by atoms with E-state index in [0.717, 1.165) is 0 Å². The molecule has 2 rings (SSSR count). The molecule has 1 saturated heterocycles. The van der Waals surface area contributed by atoms with Crippen molar-refractivity contribution in [3.05, 3.63) is 29.8 Å². The minimum Gasteiger partial charge on any atom is -0.464 e. The highest BCUT2D eigenvalue weighted by atomic mass is 35.5. The summed E-state index contributed by atoms with van der Waals surface area (Å²) in [6, 6.07) is 5.62. The van der Waals surface area contributed by atoms with E-state index in [1.54, 1.807) is 38.1 Å². The monoisotopic (exact) mass is 399 g/mol. The summed E-state index contributed by atoms with van der Waals surface area (Å²) >= 11 is 0. The predicted molar refractivity (Wildman–Crippen MR) is 103 cm³/mol. The van der Waals surface area contributed by atoms with E-state index in [9.17, 15) is 14.4 Å². The molecule has 0 saturated carbocycles. The van der Waals surface area contributed by atoms with Crippen LogP contribution in [0.2, 0.25) is 0 Å². The molecular formula is C18H26ClN3O5. The molecule has 1 aliphatic heterocycles. The molecule has 0 aromatic heterocycles. The van der Waals surface area contributed by atoms with Gasteiger partial charge in [0.2, 0.25) is 5.91 Å². The van der Waals surface area contributed by atoms with Crippen molar-refractivity contribution in [3.63, 3.8) is 0 Å². The van der Waals surface area contributed by atoms with E-state index in [2.05, 4.69) is 10.6 Å². The Balaban J connectivity index is 0.00000364. The van der Waals surface area contributed by atoms with E-state index in [4.69, 9.17) is 15.2 Å². The van der Waals surface area contributed by atoms with Gasteiger partial charge >= 0.3 is 5.97 Å². The molecule has 0 bridgehead atoms. The molecule has 2 amide bonds. The van der Waals surface area contributed by atoms with Gasteiger partial charge in [0.15, 0.2) is 0 Å². The van der Waals surface area contributed by atoms with Crippen LogP contribution in [0.25, 0.3) is 0 Å². The number of esters is 1. The second-order valence-corrected chi connectivity index (χ2v) is 6.25. The fraction of sp³-hybridized carbons (Fsp3) is 0.500. The first-order valence-electron chi connectivity index (χ1n) is 8.61. The van der Waals surface area contributed by atoms with Crippen LogP contribution >= 0.6 is 12.4 Å². The number of amides is 2. The molecule has 0 radical (unpaired) electrons. The average molecular weight is 400 g/mol. The van der Waals surface area contributed by atoms with Gasteiger partial charge < -0.3 is 25.8 Å². The molecule has 1 aromatic carbocycles. The summed E-state index contributed by atoms with van der Waals surface area (Å²) < 4.78 is 10.1. The Kier molecular flexibility index (Phi) is 8.68. The van der Waals surface area contributed by atoms with Gasteiger partial charge in [-0.2, -0.15) is 0 Å². The number of halogens is 1. The lowest BCUT2D eigenvalue weighted by Crippen LogP contribution is -2.54. The van der Waals surface area contributed by atoms with Gasteiger partial charge in [0.1, 0.15) is 11.6 Å². The lowest BCUT2D eigenvalue weighted by molar-refractivity contribution is -0.144. The zero-order valence-corrected chi connectivity index (χ0v) is 16.3. The van der Waals surface area contributed by atoms with Gasteiger partial charge in [0.25, 0.3) is 5.91 Å². The summed E-state index contributed by atoms with van der Waals surface area (Å²) in [7, 11) is 0. The van der Waals surface area contributed by atoms with E-state index < -0.39 is 23.5 Å². The number of rotatable bonds is 6. The van der Waals surface area contributed by atoms with E-state index >= 15 is 0 Å². The van der Waals surface area contributed by atoms with E-state index in [0.29, 0.717) is 37.3 Å². The first-order valence-corrected chi connectivity index (χ1v) is 8.61. The van der Waals surface area contributed by atoms with Crippen molar-refractivity contribution in [1.29, 1.82) is 0 Å². The highest BCUT2D eigenvalue weighted by molar-refractivity contribution is 5.99. The van der Waals surface area contributed by atoms with Crippen molar-refractivity contribution in [2.45, 2.75) is 38.3 Å². The van der Waals surface area contributed by atoms with Crippen molar-refractivity contribution >= 4 is 35.9 Å². The van der Waals surface area contributed by atoms with Gasteiger partial charge in [0, 0.05) is 24.5 Å². The minimum absolute atomic E-state index is 0. The maximum Gasteiger partial charge on any atom is 0.328 e. The Morgan fingerprint density at radius 2 is 1.81 bits per heavy atom. The van der Waals surface area contributed by atoms with Crippen LogP contribution in [-0.2, 0) is 19.1 Å². The van der Waals surface area contributed by atoms with Gasteiger partial charge in [-0.1, -0.05) is 0 Å². The van der Waals surface area contributed by atoms with Crippen LogP contribution in [0.3, 0.4) is 0 Å². The number of nitrogens with one attached hydrogen (secondary N) is 2. The molecule has 1 fully saturated rings. The van der Waals surface area contributed by atoms with Crippen molar-refractivity contribution in [1.82, 2.24) is 5.32 Å². The van der Waals surface area contributed by atoms with Gasteiger partial charge in [-0.05, 0) is 51.0 Å². The van der Waals surface area contributed by atoms with E-state index in [-0.39, 0.29) is 24.9 Å². The van der Waals surface area contributed by atoms with Gasteiger partial charge in [0.05, 0.1) is 6.61 Å². The van der Waals surface area contributed by atoms with Crippen LogP contribution in [0.5, 0.6) is 0 Å². The molecule has 1 unspecified atom stereocenters. The predicted octanol–water partition coefficient (Wildman–Crippen LogP) is 1.24. The second kappa shape index (κ2) is 10.2. The number of hydrogen-bond donors (Lipinski definition) is 3. The molecule has 1 atom stereocenters. The number of nitrogens with two attached hydrogens (primary N) is 1. The Bertz CT molecular complexity index is 659. The second-order valence-electron chi connectivity index (χ2n) is 6.25. The Morgan fingerprint density at radius 3 is 2.37 bits per heavy atom. The SMILES string of the molecule is CCOC(=O)C(C)NC(=O)c1ccc(NC(=O)C2(N)CCOCC2)cc1.Cl. The average Bonchev–Trinajstić information content (AvgIpc) is 2.63. The molecule has 0 aliphatic carbocycles. The van der Waals surface area contributed by atoms with Crippen molar-refractivity contribution in [3.8, 4) is 0 Å². The third-order valence-corrected chi connectivity index (χ3v) is 4.23. The first-order chi connectivity index (χ1) is 12.4. The third kappa shape index (κ3) is 6.20. The van der Waals surface area contributed by atoms with Gasteiger partial charge in [-0.15, -0.1) is 12.4 Å². The summed E-state index contributed by atoms with van der Waals surface area (Å²) in [5, 5.41) is 5.33. The summed E-state index contributed by atoms with van der Waals surface area (Å²) in [5.74, 6) is -1.16. The van der Waals surface area contributed by atoms with Crippen LogP contribution in [0.4, 0.5) is 5.69 Å². The summed E-state index contributed by atoms with van der Waals surface area (Å²) in [6.45, 7) is 4.43. The molecule has 150 valence electrons. The summed E-state index contributed by atoms with van der Waals surface area (Å²) in [6.07, 6.45) is 0.927. The van der Waals surface area contributed by atoms with Crippen molar-refractivity contribution in [2.24, 2.45) is 5.73 Å². The van der Waals surface area contributed by atoms with E-state index in [1.807, 2.05) is 0 Å². The summed E-state index contributed by atoms with van der Waals surface area (Å²) in [4.78, 5) is 36.1. The normalized spacial score (nSPS) is 16.4. The third-order valence-electron chi connectivity index (χ3n) is 4.23. The molecule has 4 N–H and O–H groups in total. The standard InChI is InChI=1S/C18H25N3O5.ClH/c1-3-26-16(23)12(2)20-15(22)13-4-6-14(7-5-13)21-17(24)18(19)8-10-25-11-9-18;/h4-7,12H,3,8-11,19H2,1-2H3,(H,20,22)(H,21,24);1H. The zero-order chi connectivity index (χ0) is 19.2. The van der Waals surface area contributed by atoms with Crippen LogP contribution < -0.4 is 16.4 Å². The lowest BCUT2D eigenvalue weighted by Gasteiger charge is -2.31. The molecule has 1 aromatic rings. The quantitative estimate of drug-likeness (QED) is 0.619. The minimum atomic E-state index is -0.941. The molecule has 8 nitrogen and oxygen atoms in total. The first kappa shape index (κ1) is 22.9. The van der Waals surface area contributed by atoms with Gasteiger partial charge in [-0.3, -0.25) is 9.59 Å². The molecule has 27 heavy (non-hydrogen) atoms. The Hall–Kier alpha value is -2.16. The van der Waals surface area contributed by atoms with Crippen LogP contribution in [0.1, 0.15) is 37.0 Å². The van der Waals surface area contributed by atoms with Crippen molar-refractivity contribution < 1.29 is 23.9 Å². The number of hydrogen-bond acceptors (Lipinski definition) is 6. The number of ether oxygens (including phenoxy) is 2. The fourth-order valence-electron chi connectivity index (χ4n) is 2.53. The number of carbonyl (C=O) groups excluding carboxylic acids is 3. The number of benzene rings is 1. The molecule has 0 spiro atoms. The number of carbonyl (C=O) groups is 3. The maximum atomic E-state index is 12.4.